The van der Waals surface area contributed by atoms with E-state index in [1.54, 1.807) is 0 Å². The lowest BCUT2D eigenvalue weighted by molar-refractivity contribution is -0.385. The van der Waals surface area contributed by atoms with Crippen molar-refractivity contribution in [2.45, 2.75) is 19.3 Å². The molecule has 1 saturated heterocycles. The maximum absolute atomic E-state index is 13.7. The SMILES string of the molecule is O=C(CN(C(=O)c1ccc([N+](=O)[O-])cc1)N1C(=O)[C@H]2[C@H]3CC[C@@H](C3)[C@@H]2C1=O)c1ccc(OC(=O)c2ccc([N+](=O)[O-])cc2)cc1. The molecule has 14 nitrogen and oxygen atoms in total. The Morgan fingerprint density at radius 1 is 0.733 bits per heavy atom. The molecule has 6 rings (SSSR count). The molecule has 0 unspecified atom stereocenters. The van der Waals surface area contributed by atoms with Gasteiger partial charge in [0.25, 0.3) is 29.1 Å². The highest BCUT2D eigenvalue weighted by Gasteiger charge is 2.62. The molecule has 0 radical (unpaired) electrons. The number of nitro groups is 2. The Balaban J connectivity index is 1.22. The molecule has 3 fully saturated rings. The number of ketones is 1. The van der Waals surface area contributed by atoms with Gasteiger partial charge in [0, 0.05) is 35.4 Å². The van der Waals surface area contributed by atoms with E-state index in [9.17, 15) is 44.2 Å². The predicted octanol–water partition coefficient (Wildman–Crippen LogP) is 3.99. The molecule has 3 aromatic carbocycles. The van der Waals surface area contributed by atoms with Crippen molar-refractivity contribution in [1.82, 2.24) is 10.0 Å². The van der Waals surface area contributed by atoms with Crippen molar-refractivity contribution in [3.05, 3.63) is 110 Å². The number of nitrogens with zero attached hydrogens (tertiary/aromatic N) is 4. The number of benzene rings is 3. The summed E-state index contributed by atoms with van der Waals surface area (Å²) in [5.41, 5.74) is -0.348. The van der Waals surface area contributed by atoms with Crippen LogP contribution >= 0.6 is 0 Å². The minimum absolute atomic E-state index is 0.0368. The van der Waals surface area contributed by atoms with Crippen molar-refractivity contribution in [2.75, 3.05) is 6.54 Å². The first-order valence-corrected chi connectivity index (χ1v) is 14.1. The lowest BCUT2D eigenvalue weighted by Crippen LogP contribution is -2.52. The summed E-state index contributed by atoms with van der Waals surface area (Å²) in [7, 11) is 0. The summed E-state index contributed by atoms with van der Waals surface area (Å²) in [6.07, 6.45) is 2.40. The zero-order chi connectivity index (χ0) is 32.0. The second kappa shape index (κ2) is 11.4. The Kier molecular flexibility index (Phi) is 7.40. The van der Waals surface area contributed by atoms with Crippen LogP contribution in [0.4, 0.5) is 11.4 Å². The zero-order valence-electron chi connectivity index (χ0n) is 23.4. The van der Waals surface area contributed by atoms with Gasteiger partial charge in [-0.05, 0) is 79.6 Å². The standard InChI is InChI=1S/C31H24N4O10/c36-25(17-7-13-24(14-8-17)45-31(40)19-5-11-23(12-6-19)35(43)44)16-32(28(37)18-3-9-22(10-4-18)34(41)42)33-29(38)26-20-1-2-21(15-20)27(26)30(33)39/h3-14,20-21,26-27H,1-2,15-16H2/t20-,21-,26-,27-/m0/s1. The molecule has 2 aliphatic carbocycles. The van der Waals surface area contributed by atoms with Crippen LogP contribution in [0, 0.1) is 43.9 Å². The Morgan fingerprint density at radius 3 is 1.69 bits per heavy atom. The third-order valence-corrected chi connectivity index (χ3v) is 8.70. The number of imide groups is 1. The molecular formula is C31H24N4O10. The number of nitro benzene ring substituents is 2. The number of amides is 3. The van der Waals surface area contributed by atoms with Gasteiger partial charge in [-0.15, -0.1) is 0 Å². The summed E-state index contributed by atoms with van der Waals surface area (Å²) in [5.74, 6) is -4.28. The van der Waals surface area contributed by atoms with Crippen LogP contribution in [0.2, 0.25) is 0 Å². The normalized spacial score (nSPS) is 21.4. The monoisotopic (exact) mass is 612 g/mol. The molecule has 0 spiro atoms. The third kappa shape index (κ3) is 5.30. The van der Waals surface area contributed by atoms with Gasteiger partial charge < -0.3 is 4.74 Å². The molecule has 45 heavy (non-hydrogen) atoms. The molecule has 3 aliphatic rings. The Bertz CT molecular complexity index is 1730. The van der Waals surface area contributed by atoms with Gasteiger partial charge in [0.1, 0.15) is 12.3 Å². The van der Waals surface area contributed by atoms with Gasteiger partial charge in [-0.2, -0.15) is 5.01 Å². The first kappa shape index (κ1) is 29.3. The summed E-state index contributed by atoms with van der Waals surface area (Å²) < 4.78 is 5.29. The number of esters is 1. The van der Waals surface area contributed by atoms with Crippen molar-refractivity contribution in [1.29, 1.82) is 0 Å². The second-order valence-corrected chi connectivity index (χ2v) is 11.2. The van der Waals surface area contributed by atoms with Gasteiger partial charge in [0.05, 0.1) is 27.2 Å². The summed E-state index contributed by atoms with van der Waals surface area (Å²) in [5, 5.41) is 23.5. The first-order valence-electron chi connectivity index (χ1n) is 14.1. The zero-order valence-corrected chi connectivity index (χ0v) is 23.4. The second-order valence-electron chi connectivity index (χ2n) is 11.2. The van der Waals surface area contributed by atoms with Gasteiger partial charge in [0.2, 0.25) is 0 Å². The van der Waals surface area contributed by atoms with Gasteiger partial charge in [-0.1, -0.05) is 0 Å². The maximum Gasteiger partial charge on any atom is 0.343 e. The molecule has 1 heterocycles. The van der Waals surface area contributed by atoms with Crippen LogP contribution in [0.15, 0.2) is 72.8 Å². The summed E-state index contributed by atoms with van der Waals surface area (Å²) >= 11 is 0. The highest BCUT2D eigenvalue weighted by molar-refractivity contribution is 6.10. The van der Waals surface area contributed by atoms with E-state index in [0.717, 1.165) is 53.5 Å². The van der Waals surface area contributed by atoms with Crippen LogP contribution in [-0.2, 0) is 9.59 Å². The molecule has 0 N–H and O–H groups in total. The van der Waals surface area contributed by atoms with Crippen molar-refractivity contribution >= 4 is 40.8 Å². The molecule has 2 saturated carbocycles. The molecule has 14 heteroatoms. The lowest BCUT2D eigenvalue weighted by Gasteiger charge is -2.30. The van der Waals surface area contributed by atoms with E-state index in [1.807, 2.05) is 0 Å². The Hall–Kier alpha value is -5.79. The van der Waals surface area contributed by atoms with Gasteiger partial charge in [0.15, 0.2) is 5.78 Å². The van der Waals surface area contributed by atoms with Crippen LogP contribution in [0.5, 0.6) is 5.75 Å². The van der Waals surface area contributed by atoms with Crippen LogP contribution in [-0.4, -0.2) is 55.9 Å². The Labute approximate surface area is 254 Å². The third-order valence-electron chi connectivity index (χ3n) is 8.70. The molecule has 228 valence electrons. The van der Waals surface area contributed by atoms with Crippen LogP contribution in [0.3, 0.4) is 0 Å². The molecule has 3 aromatic rings. The Morgan fingerprint density at radius 2 is 1.20 bits per heavy atom. The molecule has 0 aromatic heterocycles. The van der Waals surface area contributed by atoms with Crippen molar-refractivity contribution in [2.24, 2.45) is 23.7 Å². The van der Waals surface area contributed by atoms with Gasteiger partial charge in [-0.3, -0.25) is 39.4 Å². The van der Waals surface area contributed by atoms with E-state index in [-0.39, 0.29) is 45.7 Å². The number of rotatable bonds is 9. The van der Waals surface area contributed by atoms with Gasteiger partial charge in [-0.25, -0.2) is 9.80 Å². The number of hydrazine groups is 1. The fourth-order valence-electron chi connectivity index (χ4n) is 6.56. The van der Waals surface area contributed by atoms with E-state index >= 15 is 0 Å². The minimum Gasteiger partial charge on any atom is -0.423 e. The largest absolute Gasteiger partial charge is 0.423 e. The van der Waals surface area contributed by atoms with E-state index in [4.69, 9.17) is 4.74 Å². The van der Waals surface area contributed by atoms with Crippen molar-refractivity contribution < 1.29 is 38.6 Å². The number of ether oxygens (including phenoxy) is 1. The van der Waals surface area contributed by atoms with Gasteiger partial charge >= 0.3 is 5.97 Å². The van der Waals surface area contributed by atoms with Crippen LogP contribution in [0.25, 0.3) is 0 Å². The summed E-state index contributed by atoms with van der Waals surface area (Å²) in [6, 6.07) is 14.8. The summed E-state index contributed by atoms with van der Waals surface area (Å²) in [4.78, 5) is 87.4. The van der Waals surface area contributed by atoms with E-state index in [2.05, 4.69) is 0 Å². The number of carbonyl (C=O) groups is 5. The van der Waals surface area contributed by atoms with Crippen molar-refractivity contribution in [3.63, 3.8) is 0 Å². The average Bonchev–Trinajstić information content (AvgIpc) is 3.73. The van der Waals surface area contributed by atoms with E-state index in [1.165, 1.54) is 48.5 Å². The smallest absolute Gasteiger partial charge is 0.343 e. The summed E-state index contributed by atoms with van der Waals surface area (Å²) in [6.45, 7) is -0.677. The number of hydrogen-bond donors (Lipinski definition) is 0. The topological polar surface area (TPSA) is 187 Å². The molecule has 2 bridgehead atoms. The molecule has 1 aliphatic heterocycles. The predicted molar refractivity (Wildman–Crippen MR) is 153 cm³/mol. The number of carbonyl (C=O) groups excluding carboxylic acids is 5. The van der Waals surface area contributed by atoms with E-state index in [0.29, 0.717) is 0 Å². The number of Topliss-reactive ketones (excluding diaryl/α,β-unsaturated/α-hetero) is 1. The lowest BCUT2D eigenvalue weighted by atomic mass is 9.81. The quantitative estimate of drug-likeness (QED) is 0.0853. The van der Waals surface area contributed by atoms with Crippen LogP contribution < -0.4 is 4.74 Å². The fraction of sp³-hybridized carbons (Fsp3) is 0.258. The van der Waals surface area contributed by atoms with Crippen LogP contribution in [0.1, 0.15) is 50.3 Å². The highest BCUT2D eigenvalue weighted by atomic mass is 16.6. The minimum atomic E-state index is -0.846. The number of hydrogen-bond acceptors (Lipinski definition) is 10. The van der Waals surface area contributed by atoms with Crippen molar-refractivity contribution in [3.8, 4) is 5.75 Å². The fourth-order valence-corrected chi connectivity index (χ4v) is 6.56. The number of fused-ring (bicyclic) bond motifs is 5. The highest BCUT2D eigenvalue weighted by Crippen LogP contribution is 2.56. The molecule has 3 amide bonds. The molecular weight excluding hydrogens is 588 g/mol. The maximum atomic E-state index is 13.7. The molecule has 4 atom stereocenters. The first-order chi connectivity index (χ1) is 21.5. The van der Waals surface area contributed by atoms with E-state index < -0.39 is 57.7 Å². The number of non-ortho nitro benzene ring substituents is 2. The average molecular weight is 613 g/mol.